The van der Waals surface area contributed by atoms with Crippen LogP contribution in [0.25, 0.3) is 0 Å². The van der Waals surface area contributed by atoms with E-state index in [0.717, 1.165) is 16.8 Å². The van der Waals surface area contributed by atoms with Crippen molar-refractivity contribution in [3.63, 3.8) is 0 Å². The van der Waals surface area contributed by atoms with Gasteiger partial charge in [-0.1, -0.05) is 24.3 Å². The summed E-state index contributed by atoms with van der Waals surface area (Å²) in [5.74, 6) is -0.266. The molecule has 1 aromatic heterocycles. The van der Waals surface area contributed by atoms with Gasteiger partial charge in [0, 0.05) is 11.9 Å². The van der Waals surface area contributed by atoms with Gasteiger partial charge in [0.2, 0.25) is 0 Å². The SMILES string of the molecule is Cc1ccc(C(=O)NN=Cc2ccccc2C)cn1. The van der Waals surface area contributed by atoms with E-state index in [9.17, 15) is 4.79 Å². The highest BCUT2D eigenvalue weighted by Gasteiger charge is 2.03. The van der Waals surface area contributed by atoms with E-state index in [2.05, 4.69) is 15.5 Å². The minimum absolute atomic E-state index is 0.266. The highest BCUT2D eigenvalue weighted by atomic mass is 16.2. The molecule has 0 fully saturated rings. The van der Waals surface area contributed by atoms with Crippen LogP contribution in [0.5, 0.6) is 0 Å². The lowest BCUT2D eigenvalue weighted by molar-refractivity contribution is 0.0955. The number of pyridine rings is 1. The van der Waals surface area contributed by atoms with Gasteiger partial charge in [0.25, 0.3) is 5.91 Å². The lowest BCUT2D eigenvalue weighted by Gasteiger charge is -2.01. The Kier molecular flexibility index (Phi) is 4.03. The van der Waals surface area contributed by atoms with Gasteiger partial charge in [-0.2, -0.15) is 5.10 Å². The van der Waals surface area contributed by atoms with E-state index in [4.69, 9.17) is 0 Å². The normalized spacial score (nSPS) is 10.6. The topological polar surface area (TPSA) is 54.4 Å². The predicted molar refractivity (Wildman–Crippen MR) is 75.2 cm³/mol. The zero-order chi connectivity index (χ0) is 13.7. The molecule has 0 spiro atoms. The molecule has 0 aliphatic rings. The van der Waals surface area contributed by atoms with Crippen LogP contribution in [0.15, 0.2) is 47.7 Å². The van der Waals surface area contributed by atoms with Crippen molar-refractivity contribution in [3.05, 3.63) is 65.0 Å². The molecular formula is C15H15N3O. The lowest BCUT2D eigenvalue weighted by Crippen LogP contribution is -2.17. The number of hydrazone groups is 1. The van der Waals surface area contributed by atoms with E-state index in [1.54, 1.807) is 18.3 Å². The van der Waals surface area contributed by atoms with Crippen molar-refractivity contribution in [1.82, 2.24) is 10.4 Å². The van der Waals surface area contributed by atoms with Crippen LogP contribution >= 0.6 is 0 Å². The summed E-state index contributed by atoms with van der Waals surface area (Å²) < 4.78 is 0. The maximum absolute atomic E-state index is 11.8. The largest absolute Gasteiger partial charge is 0.272 e. The molecule has 2 aromatic rings. The van der Waals surface area contributed by atoms with Gasteiger partial charge in [-0.15, -0.1) is 0 Å². The molecule has 19 heavy (non-hydrogen) atoms. The van der Waals surface area contributed by atoms with Gasteiger partial charge in [-0.3, -0.25) is 9.78 Å². The third-order valence-electron chi connectivity index (χ3n) is 2.73. The van der Waals surface area contributed by atoms with Gasteiger partial charge in [0.05, 0.1) is 11.8 Å². The first-order chi connectivity index (χ1) is 9.16. The van der Waals surface area contributed by atoms with E-state index in [0.29, 0.717) is 5.56 Å². The number of aryl methyl sites for hydroxylation is 2. The molecule has 1 N–H and O–H groups in total. The fourth-order valence-corrected chi connectivity index (χ4v) is 1.56. The summed E-state index contributed by atoms with van der Waals surface area (Å²) in [4.78, 5) is 15.8. The van der Waals surface area contributed by atoms with Gasteiger partial charge in [0.1, 0.15) is 0 Å². The Hall–Kier alpha value is -2.49. The molecule has 0 atom stereocenters. The first-order valence-corrected chi connectivity index (χ1v) is 5.98. The van der Waals surface area contributed by atoms with E-state index in [1.807, 2.05) is 38.1 Å². The number of hydrogen-bond donors (Lipinski definition) is 1. The first kappa shape index (κ1) is 13.0. The summed E-state index contributed by atoms with van der Waals surface area (Å²) in [6.45, 7) is 3.87. The van der Waals surface area contributed by atoms with Crippen molar-refractivity contribution in [2.45, 2.75) is 13.8 Å². The highest BCUT2D eigenvalue weighted by molar-refractivity contribution is 5.94. The lowest BCUT2D eigenvalue weighted by atomic mass is 10.1. The molecule has 4 nitrogen and oxygen atoms in total. The number of amides is 1. The van der Waals surface area contributed by atoms with Gasteiger partial charge in [-0.25, -0.2) is 5.43 Å². The molecule has 96 valence electrons. The number of nitrogens with one attached hydrogen (secondary N) is 1. The van der Waals surface area contributed by atoms with Crippen LogP contribution in [-0.4, -0.2) is 17.1 Å². The molecule has 0 bridgehead atoms. The van der Waals surface area contributed by atoms with E-state index >= 15 is 0 Å². The van der Waals surface area contributed by atoms with E-state index < -0.39 is 0 Å². The van der Waals surface area contributed by atoms with Crippen LogP contribution in [0.1, 0.15) is 27.2 Å². The second-order valence-corrected chi connectivity index (χ2v) is 4.24. The van der Waals surface area contributed by atoms with E-state index in [1.165, 1.54) is 6.20 Å². The summed E-state index contributed by atoms with van der Waals surface area (Å²) in [6.07, 6.45) is 3.17. The van der Waals surface area contributed by atoms with Gasteiger partial charge in [-0.05, 0) is 37.1 Å². The molecule has 0 radical (unpaired) electrons. The quantitative estimate of drug-likeness (QED) is 0.674. The molecule has 1 amide bonds. The molecule has 2 rings (SSSR count). The Morgan fingerprint density at radius 3 is 2.68 bits per heavy atom. The van der Waals surface area contributed by atoms with Crippen LogP contribution in [-0.2, 0) is 0 Å². The van der Waals surface area contributed by atoms with Crippen LogP contribution < -0.4 is 5.43 Å². The first-order valence-electron chi connectivity index (χ1n) is 5.98. The zero-order valence-electron chi connectivity index (χ0n) is 10.9. The number of rotatable bonds is 3. The van der Waals surface area contributed by atoms with Crippen LogP contribution in [0, 0.1) is 13.8 Å². The second kappa shape index (κ2) is 5.91. The molecule has 0 saturated carbocycles. The van der Waals surface area contributed by atoms with Crippen molar-refractivity contribution in [3.8, 4) is 0 Å². The summed E-state index contributed by atoms with van der Waals surface area (Å²) in [6, 6.07) is 11.3. The number of carbonyl (C=O) groups excluding carboxylic acids is 1. The molecule has 1 heterocycles. The Labute approximate surface area is 112 Å². The average Bonchev–Trinajstić information content (AvgIpc) is 2.41. The molecule has 0 aliphatic carbocycles. The smallest absolute Gasteiger partial charge is 0.267 e. The maximum Gasteiger partial charge on any atom is 0.272 e. The fourth-order valence-electron chi connectivity index (χ4n) is 1.56. The van der Waals surface area contributed by atoms with Crippen molar-refractivity contribution < 1.29 is 4.79 Å². The summed E-state index contributed by atoms with van der Waals surface area (Å²) in [5.41, 5.74) is 5.94. The third kappa shape index (κ3) is 3.48. The minimum atomic E-state index is -0.266. The molecule has 1 aromatic carbocycles. The number of hydrogen-bond acceptors (Lipinski definition) is 3. The molecule has 0 unspecified atom stereocenters. The standard InChI is InChI=1S/C15H15N3O/c1-11-5-3-4-6-13(11)10-17-18-15(19)14-8-7-12(2)16-9-14/h3-10H,1-2H3,(H,18,19). The van der Waals surface area contributed by atoms with Crippen LogP contribution in [0.4, 0.5) is 0 Å². The van der Waals surface area contributed by atoms with Crippen LogP contribution in [0.3, 0.4) is 0 Å². The van der Waals surface area contributed by atoms with Crippen molar-refractivity contribution in [1.29, 1.82) is 0 Å². The minimum Gasteiger partial charge on any atom is -0.267 e. The summed E-state index contributed by atoms with van der Waals surface area (Å²) in [5, 5.41) is 3.95. The number of nitrogens with zero attached hydrogens (tertiary/aromatic N) is 2. The highest BCUT2D eigenvalue weighted by Crippen LogP contribution is 2.03. The molecular weight excluding hydrogens is 238 g/mol. The Morgan fingerprint density at radius 2 is 2.00 bits per heavy atom. The van der Waals surface area contributed by atoms with Gasteiger partial charge in [0.15, 0.2) is 0 Å². The fraction of sp³-hybridized carbons (Fsp3) is 0.133. The summed E-state index contributed by atoms with van der Waals surface area (Å²) in [7, 11) is 0. The van der Waals surface area contributed by atoms with Crippen molar-refractivity contribution >= 4 is 12.1 Å². The predicted octanol–water partition coefficient (Wildman–Crippen LogP) is 2.46. The number of benzene rings is 1. The second-order valence-electron chi connectivity index (χ2n) is 4.24. The van der Waals surface area contributed by atoms with Gasteiger partial charge >= 0.3 is 0 Å². The van der Waals surface area contributed by atoms with Crippen molar-refractivity contribution in [2.75, 3.05) is 0 Å². The molecule has 0 saturated heterocycles. The van der Waals surface area contributed by atoms with E-state index in [-0.39, 0.29) is 5.91 Å². The number of carbonyl (C=O) groups is 1. The molecule has 4 heteroatoms. The Bertz CT molecular complexity index is 603. The third-order valence-corrected chi connectivity index (χ3v) is 2.73. The monoisotopic (exact) mass is 253 g/mol. The van der Waals surface area contributed by atoms with Crippen molar-refractivity contribution in [2.24, 2.45) is 5.10 Å². The summed E-state index contributed by atoms with van der Waals surface area (Å²) >= 11 is 0. The molecule has 0 aliphatic heterocycles. The zero-order valence-corrected chi connectivity index (χ0v) is 10.9. The number of aromatic nitrogens is 1. The van der Waals surface area contributed by atoms with Gasteiger partial charge < -0.3 is 0 Å². The maximum atomic E-state index is 11.8. The Balaban J connectivity index is 2.01. The van der Waals surface area contributed by atoms with Crippen LogP contribution in [0.2, 0.25) is 0 Å². The Morgan fingerprint density at radius 1 is 1.21 bits per heavy atom. The average molecular weight is 253 g/mol.